The molecule has 22 heavy (non-hydrogen) atoms. The van der Waals surface area contributed by atoms with E-state index in [1.807, 2.05) is 0 Å². The van der Waals surface area contributed by atoms with Crippen molar-refractivity contribution in [3.63, 3.8) is 0 Å². The maximum atomic E-state index is 11.2. The number of aromatic hydroxyl groups is 1. The third-order valence-corrected chi connectivity index (χ3v) is 2.52. The van der Waals surface area contributed by atoms with Crippen molar-refractivity contribution in [1.82, 2.24) is 0 Å². The average Bonchev–Trinajstić information content (AvgIpc) is 2.45. The first kappa shape index (κ1) is 17.1. The number of rotatable bonds is 3. The molecule has 7 N–H and O–H groups in total. The van der Waals surface area contributed by atoms with Gasteiger partial charge >= 0.3 is 17.6 Å². The third-order valence-electron chi connectivity index (χ3n) is 2.52. The lowest BCUT2D eigenvalue weighted by Gasteiger charge is -1.98. The summed E-state index contributed by atoms with van der Waals surface area (Å²) in [5.74, 6) is -2.44. The minimum Gasteiger partial charge on any atom is -0.508 e. The van der Waals surface area contributed by atoms with Crippen LogP contribution in [0.2, 0.25) is 0 Å². The summed E-state index contributed by atoms with van der Waals surface area (Å²) in [7, 11) is 0. The smallest absolute Gasteiger partial charge is 0.351 e. The van der Waals surface area contributed by atoms with Crippen molar-refractivity contribution in [2.75, 3.05) is 6.54 Å². The van der Waals surface area contributed by atoms with Crippen molar-refractivity contribution in [1.29, 1.82) is 0 Å². The fraction of sp³-hybridized carbons (Fsp3) is 0.154. The van der Waals surface area contributed by atoms with E-state index in [9.17, 15) is 14.4 Å². The zero-order chi connectivity index (χ0) is 16.9. The maximum Gasteiger partial charge on any atom is 0.351 e. The lowest BCUT2D eigenvalue weighted by atomic mass is 10.2. The minimum atomic E-state index is -1.33. The van der Waals surface area contributed by atoms with Gasteiger partial charge in [0, 0.05) is 18.0 Å². The number of hydrogen-bond donors (Lipinski definition) is 5. The summed E-state index contributed by atoms with van der Waals surface area (Å²) in [6.07, 6.45) is 0. The van der Waals surface area contributed by atoms with Crippen LogP contribution in [0.3, 0.4) is 0 Å². The van der Waals surface area contributed by atoms with Gasteiger partial charge in [-0.2, -0.15) is 0 Å². The molecule has 0 aliphatic heterocycles. The maximum absolute atomic E-state index is 11.2. The van der Waals surface area contributed by atoms with Gasteiger partial charge in [-0.3, -0.25) is 4.79 Å². The van der Waals surface area contributed by atoms with E-state index >= 15 is 0 Å². The normalized spacial score (nSPS) is 11.4. The molecule has 0 aliphatic carbocycles. The third kappa shape index (κ3) is 4.30. The van der Waals surface area contributed by atoms with Gasteiger partial charge in [-0.1, -0.05) is 0 Å². The van der Waals surface area contributed by atoms with Crippen LogP contribution in [-0.2, 0) is 4.79 Å². The van der Waals surface area contributed by atoms with Crippen LogP contribution in [0.4, 0.5) is 0 Å². The molecule has 0 radical (unpaired) electrons. The second kappa shape index (κ2) is 7.20. The summed E-state index contributed by atoms with van der Waals surface area (Å²) in [6.45, 7) is -0.00463. The number of phenolic OH excluding ortho intramolecular Hbond substituents is 1. The molecule has 0 saturated heterocycles. The van der Waals surface area contributed by atoms with E-state index in [1.165, 1.54) is 24.3 Å². The zero-order valence-corrected chi connectivity index (χ0v) is 11.2. The summed E-state index contributed by atoms with van der Waals surface area (Å²) >= 11 is 0. The fourth-order valence-corrected chi connectivity index (χ4v) is 1.35. The van der Waals surface area contributed by atoms with Crippen molar-refractivity contribution in [3.05, 3.63) is 40.2 Å². The highest BCUT2D eigenvalue weighted by atomic mass is 16.4. The number of fused-ring (bicyclic) bond motifs is 1. The van der Waals surface area contributed by atoms with Crippen LogP contribution in [-0.4, -0.2) is 39.8 Å². The molecule has 0 saturated carbocycles. The number of nitrogens with two attached hydrogens (primary N) is 2. The first-order valence-electron chi connectivity index (χ1n) is 5.95. The molecular formula is C13H14N2O7. The van der Waals surface area contributed by atoms with Crippen LogP contribution < -0.4 is 17.1 Å². The first-order chi connectivity index (χ1) is 10.3. The Morgan fingerprint density at radius 2 is 1.86 bits per heavy atom. The van der Waals surface area contributed by atoms with Gasteiger partial charge in [0.2, 0.25) is 0 Å². The molecule has 1 unspecified atom stereocenters. The van der Waals surface area contributed by atoms with Gasteiger partial charge < -0.3 is 31.2 Å². The van der Waals surface area contributed by atoms with E-state index in [4.69, 9.17) is 31.2 Å². The Labute approximate surface area is 123 Å². The molecule has 0 spiro atoms. The molecule has 9 heteroatoms. The van der Waals surface area contributed by atoms with Crippen molar-refractivity contribution in [2.45, 2.75) is 6.04 Å². The number of aliphatic carboxylic acids is 1. The minimum absolute atomic E-state index is 0.00463. The highest BCUT2D eigenvalue weighted by Gasteiger charge is 2.11. The fourth-order valence-electron chi connectivity index (χ4n) is 1.35. The van der Waals surface area contributed by atoms with Crippen molar-refractivity contribution in [3.8, 4) is 5.75 Å². The molecular weight excluding hydrogens is 296 g/mol. The topological polar surface area (TPSA) is 177 Å². The molecule has 0 amide bonds. The van der Waals surface area contributed by atoms with Crippen LogP contribution in [0.5, 0.6) is 5.75 Å². The lowest BCUT2D eigenvalue weighted by molar-refractivity contribution is -0.138. The van der Waals surface area contributed by atoms with Gasteiger partial charge in [0.15, 0.2) is 0 Å². The van der Waals surface area contributed by atoms with E-state index in [0.717, 1.165) is 0 Å². The molecule has 1 atom stereocenters. The molecule has 1 aromatic heterocycles. The van der Waals surface area contributed by atoms with Crippen molar-refractivity contribution < 1.29 is 29.3 Å². The second-order valence-electron chi connectivity index (χ2n) is 4.16. The largest absolute Gasteiger partial charge is 0.508 e. The summed E-state index contributed by atoms with van der Waals surface area (Å²) in [5, 5.41) is 26.2. The molecule has 118 valence electrons. The summed E-state index contributed by atoms with van der Waals surface area (Å²) in [5.41, 5.74) is 8.56. The Kier molecular flexibility index (Phi) is 5.61. The molecule has 2 aromatic rings. The standard InChI is InChI=1S/C10H6O5.C3H8N2O2/c11-6-2-1-5-3-7(9(12)13)10(14)15-8(5)4-6;4-1-2(5)3(6)7/h1-4,11H,(H,12,13);2H,1,4-5H2,(H,6,7). The van der Waals surface area contributed by atoms with Crippen LogP contribution in [0.15, 0.2) is 33.5 Å². The van der Waals surface area contributed by atoms with Gasteiger partial charge in [0.1, 0.15) is 22.9 Å². The number of phenols is 1. The Morgan fingerprint density at radius 3 is 2.32 bits per heavy atom. The Morgan fingerprint density at radius 1 is 1.23 bits per heavy atom. The predicted molar refractivity (Wildman–Crippen MR) is 75.8 cm³/mol. The number of aromatic carboxylic acids is 1. The van der Waals surface area contributed by atoms with Crippen LogP contribution in [0.25, 0.3) is 11.0 Å². The number of hydrogen-bond acceptors (Lipinski definition) is 7. The monoisotopic (exact) mass is 310 g/mol. The van der Waals surface area contributed by atoms with E-state index in [-0.39, 0.29) is 17.9 Å². The quantitative estimate of drug-likeness (QED) is 0.470. The molecule has 0 fully saturated rings. The Hall–Kier alpha value is -2.91. The van der Waals surface area contributed by atoms with E-state index < -0.39 is 29.2 Å². The Balaban J connectivity index is 0.000000295. The molecule has 9 nitrogen and oxygen atoms in total. The predicted octanol–water partition coefficient (Wildman–Crippen LogP) is -0.446. The number of carboxylic acids is 2. The van der Waals surface area contributed by atoms with Crippen LogP contribution in [0, 0.1) is 0 Å². The molecule has 2 rings (SSSR count). The molecule has 0 bridgehead atoms. The first-order valence-corrected chi connectivity index (χ1v) is 5.95. The number of benzene rings is 1. The summed E-state index contributed by atoms with van der Waals surface area (Å²) in [4.78, 5) is 31.5. The van der Waals surface area contributed by atoms with Crippen LogP contribution >= 0.6 is 0 Å². The summed E-state index contributed by atoms with van der Waals surface area (Å²) < 4.78 is 4.74. The molecule has 1 aromatic carbocycles. The Bertz CT molecular complexity index is 754. The highest BCUT2D eigenvalue weighted by Crippen LogP contribution is 2.18. The van der Waals surface area contributed by atoms with E-state index in [1.54, 1.807) is 0 Å². The van der Waals surface area contributed by atoms with Gasteiger partial charge in [-0.05, 0) is 18.2 Å². The second-order valence-corrected chi connectivity index (χ2v) is 4.16. The van der Waals surface area contributed by atoms with Gasteiger partial charge in [0.25, 0.3) is 0 Å². The SMILES string of the molecule is NCC(N)C(=O)O.O=C(O)c1cc2ccc(O)cc2oc1=O. The lowest BCUT2D eigenvalue weighted by Crippen LogP contribution is -2.37. The average molecular weight is 310 g/mol. The highest BCUT2D eigenvalue weighted by molar-refractivity contribution is 5.91. The number of carboxylic acid groups (broad SMARTS) is 2. The van der Waals surface area contributed by atoms with Crippen LogP contribution in [0.1, 0.15) is 10.4 Å². The summed E-state index contributed by atoms with van der Waals surface area (Å²) in [6, 6.07) is 4.42. The molecule has 0 aliphatic rings. The number of carbonyl (C=O) groups is 2. The van der Waals surface area contributed by atoms with Crippen molar-refractivity contribution in [2.24, 2.45) is 11.5 Å². The molecule has 1 heterocycles. The van der Waals surface area contributed by atoms with E-state index in [2.05, 4.69) is 0 Å². The van der Waals surface area contributed by atoms with Gasteiger partial charge in [-0.15, -0.1) is 0 Å². The van der Waals surface area contributed by atoms with Crippen molar-refractivity contribution >= 4 is 22.9 Å². The van der Waals surface area contributed by atoms with E-state index in [0.29, 0.717) is 5.39 Å². The van der Waals surface area contributed by atoms with Gasteiger partial charge in [0.05, 0.1) is 0 Å². The van der Waals surface area contributed by atoms with Gasteiger partial charge in [-0.25, -0.2) is 9.59 Å². The zero-order valence-electron chi connectivity index (χ0n) is 11.2.